The lowest BCUT2D eigenvalue weighted by Crippen LogP contribution is -2.60. The van der Waals surface area contributed by atoms with Crippen LogP contribution in [-0.2, 0) is 54.3 Å². The number of benzene rings is 1. The molecule has 2 fully saturated rings. The van der Waals surface area contributed by atoms with E-state index in [1.165, 1.54) is 22.1 Å². The molecule has 0 radical (unpaired) electrons. The molecule has 0 bridgehead atoms. The van der Waals surface area contributed by atoms with Crippen molar-refractivity contribution in [2.24, 2.45) is 23.7 Å². The molecule has 0 aliphatic carbocycles. The van der Waals surface area contributed by atoms with Gasteiger partial charge in [0.2, 0.25) is 23.6 Å². The predicted octanol–water partition coefficient (Wildman–Crippen LogP) is 5.25. The molecule has 0 unspecified atom stereocenters. The summed E-state index contributed by atoms with van der Waals surface area (Å²) in [6.07, 6.45) is 10.2. The van der Waals surface area contributed by atoms with Gasteiger partial charge in [-0.2, -0.15) is 0 Å². The molecule has 0 saturated carbocycles. The van der Waals surface area contributed by atoms with E-state index in [-0.39, 0.29) is 71.9 Å². The van der Waals surface area contributed by atoms with Crippen LogP contribution < -0.4 is 10.6 Å². The van der Waals surface area contributed by atoms with Crippen molar-refractivity contribution in [2.45, 2.75) is 162 Å². The van der Waals surface area contributed by atoms with E-state index >= 15 is 0 Å². The molecule has 2 saturated heterocycles. The third-order valence-corrected chi connectivity index (χ3v) is 15.4. The molecule has 9 atom stereocenters. The standard InChI is InChI=1S/C55H86N8O10/c1-12-37(6)50(60(9)55(70)48(35(2)3)58-53(68)49(36(4)5)59(8)27-17-13-14-18-28-62-45(64)25-26-46(62)65)44(71-10)33-47(66)61-29-21-24-43(61)51(72-11)38(7)52(67)57-42(54(69)63-30-19-20-31-73-63)32-39-34-56-41-23-16-15-22-40(39)41/h15-16,22-23,25-26,34-38,42-44,48-51,56H,12-14,17-21,24,27-33H2,1-11H3,(H,57,67)(H,58,68)/t37-,38+,42-,43-,44+,48-,49-,50-,51+/m0/s1. The summed E-state index contributed by atoms with van der Waals surface area (Å²) >= 11 is 0. The monoisotopic (exact) mass is 1020 g/mol. The summed E-state index contributed by atoms with van der Waals surface area (Å²) in [5, 5.41) is 8.51. The van der Waals surface area contributed by atoms with Gasteiger partial charge in [0.1, 0.15) is 12.1 Å². The number of para-hydroxylation sites is 1. The van der Waals surface area contributed by atoms with Crippen molar-refractivity contribution >= 4 is 52.3 Å². The van der Waals surface area contributed by atoms with Gasteiger partial charge in [0, 0.05) is 76.6 Å². The molecule has 2 aromatic rings. The molecule has 5 rings (SSSR count). The zero-order valence-corrected chi connectivity index (χ0v) is 45.5. The van der Waals surface area contributed by atoms with Crippen molar-refractivity contribution in [2.75, 3.05) is 61.1 Å². The minimum absolute atomic E-state index is 0.0295. The number of ether oxygens (including phenoxy) is 2. The Kier molecular flexibility index (Phi) is 22.5. The van der Waals surface area contributed by atoms with Gasteiger partial charge in [-0.25, -0.2) is 5.06 Å². The van der Waals surface area contributed by atoms with Gasteiger partial charge in [0.15, 0.2) is 0 Å². The maximum absolute atomic E-state index is 14.7. The number of likely N-dealkylation sites (N-methyl/N-ethyl adjacent to an activating group) is 2. The van der Waals surface area contributed by atoms with Crippen molar-refractivity contribution in [3.63, 3.8) is 0 Å². The van der Waals surface area contributed by atoms with Crippen LogP contribution in [0.5, 0.6) is 0 Å². The van der Waals surface area contributed by atoms with E-state index in [4.69, 9.17) is 14.3 Å². The molecule has 406 valence electrons. The van der Waals surface area contributed by atoms with Crippen LogP contribution in [0, 0.1) is 23.7 Å². The van der Waals surface area contributed by atoms with Crippen molar-refractivity contribution in [1.82, 2.24) is 40.3 Å². The third-order valence-electron chi connectivity index (χ3n) is 15.4. The number of likely N-dealkylation sites (tertiary alicyclic amines) is 1. The first kappa shape index (κ1) is 58.7. The molecular formula is C55H86N8O10. The van der Waals surface area contributed by atoms with Crippen LogP contribution in [0.15, 0.2) is 42.6 Å². The molecule has 73 heavy (non-hydrogen) atoms. The van der Waals surface area contributed by atoms with Gasteiger partial charge in [0.05, 0.1) is 49.3 Å². The molecule has 4 heterocycles. The largest absolute Gasteiger partial charge is 0.379 e. The molecule has 1 aromatic heterocycles. The molecule has 3 N–H and O–H groups in total. The summed E-state index contributed by atoms with van der Waals surface area (Å²) in [5.41, 5.74) is 1.82. The predicted molar refractivity (Wildman–Crippen MR) is 279 cm³/mol. The van der Waals surface area contributed by atoms with E-state index < -0.39 is 48.3 Å². The molecule has 1 aromatic carbocycles. The Morgan fingerprint density at radius 2 is 1.55 bits per heavy atom. The topological polar surface area (TPSA) is 203 Å². The smallest absolute Gasteiger partial charge is 0.269 e. The number of aromatic amines is 1. The molecule has 3 aliphatic rings. The highest BCUT2D eigenvalue weighted by molar-refractivity contribution is 6.12. The van der Waals surface area contributed by atoms with Gasteiger partial charge in [-0.1, -0.05) is 85.9 Å². The van der Waals surface area contributed by atoms with E-state index in [1.54, 1.807) is 38.0 Å². The lowest BCUT2D eigenvalue weighted by molar-refractivity contribution is -0.199. The summed E-state index contributed by atoms with van der Waals surface area (Å²) in [5.74, 6) is -3.06. The van der Waals surface area contributed by atoms with Crippen molar-refractivity contribution in [3.8, 4) is 0 Å². The fourth-order valence-corrected chi connectivity index (χ4v) is 11.0. The van der Waals surface area contributed by atoms with Crippen LogP contribution >= 0.6 is 0 Å². The second kappa shape index (κ2) is 27.9. The second-order valence-corrected chi connectivity index (χ2v) is 21.2. The minimum atomic E-state index is -0.910. The highest BCUT2D eigenvalue weighted by Crippen LogP contribution is 2.30. The fraction of sp³-hybridized carbons (Fsp3) is 0.691. The number of fused-ring (bicyclic) bond motifs is 1. The Hall–Kier alpha value is -5.17. The number of amides is 7. The number of carbonyl (C=O) groups is 7. The van der Waals surface area contributed by atoms with E-state index in [1.807, 2.05) is 84.0 Å². The molecule has 3 aliphatic heterocycles. The Morgan fingerprint density at radius 3 is 2.18 bits per heavy atom. The quantitative estimate of drug-likeness (QED) is 0.0742. The SMILES string of the molecule is CC[C@H](C)[C@@H]([C@@H](CC(=O)N1CCC[C@H]1[C@H](OC)[C@@H](C)C(=O)N[C@@H](Cc1c[nH]c2ccccc12)C(=O)N1CCCCO1)OC)N(C)C(=O)[C@@H](NC(=O)[C@H](C(C)C)N(C)CCCCCCN1C(=O)C=CC1=O)C(C)C. The number of carbonyl (C=O) groups excluding carboxylic acids is 7. The van der Waals surface area contributed by atoms with Crippen LogP contribution in [-0.4, -0.2) is 175 Å². The van der Waals surface area contributed by atoms with Crippen LogP contribution in [0.4, 0.5) is 0 Å². The second-order valence-electron chi connectivity index (χ2n) is 21.2. The average Bonchev–Trinajstić information content (AvgIpc) is 4.11. The summed E-state index contributed by atoms with van der Waals surface area (Å²) in [4.78, 5) is 111. The summed E-state index contributed by atoms with van der Waals surface area (Å²) < 4.78 is 12.2. The summed E-state index contributed by atoms with van der Waals surface area (Å²) in [6, 6.07) is 4.61. The third kappa shape index (κ3) is 15.0. The van der Waals surface area contributed by atoms with Crippen molar-refractivity contribution in [1.29, 1.82) is 0 Å². The number of hydrogen-bond donors (Lipinski definition) is 3. The van der Waals surface area contributed by atoms with Crippen LogP contribution in [0.3, 0.4) is 0 Å². The number of aromatic nitrogens is 1. The normalized spacial score (nSPS) is 19.6. The summed E-state index contributed by atoms with van der Waals surface area (Å²) in [6.45, 7) is 16.0. The molecular weight excluding hydrogens is 933 g/mol. The Morgan fingerprint density at radius 1 is 0.849 bits per heavy atom. The van der Waals surface area contributed by atoms with Gasteiger partial charge in [-0.05, 0) is 81.5 Å². The van der Waals surface area contributed by atoms with Gasteiger partial charge in [0.25, 0.3) is 17.7 Å². The van der Waals surface area contributed by atoms with Gasteiger partial charge in [-0.3, -0.25) is 48.2 Å². The minimum Gasteiger partial charge on any atom is -0.379 e. The number of methoxy groups -OCH3 is 2. The lowest BCUT2D eigenvalue weighted by Gasteiger charge is -2.41. The van der Waals surface area contributed by atoms with Crippen LogP contribution in [0.25, 0.3) is 10.9 Å². The van der Waals surface area contributed by atoms with E-state index in [0.717, 1.165) is 48.6 Å². The zero-order chi connectivity index (χ0) is 53.5. The van der Waals surface area contributed by atoms with Gasteiger partial charge < -0.3 is 34.9 Å². The van der Waals surface area contributed by atoms with E-state index in [2.05, 4.69) is 15.6 Å². The number of rotatable bonds is 28. The Balaban J connectivity index is 1.23. The zero-order valence-electron chi connectivity index (χ0n) is 45.5. The first-order valence-electron chi connectivity index (χ1n) is 26.8. The number of hydroxylamine groups is 2. The van der Waals surface area contributed by atoms with Crippen LogP contribution in [0.2, 0.25) is 0 Å². The number of H-pyrrole nitrogens is 1. The molecule has 18 nitrogen and oxygen atoms in total. The van der Waals surface area contributed by atoms with Crippen molar-refractivity contribution < 1.29 is 47.9 Å². The maximum atomic E-state index is 14.7. The number of nitrogens with zero attached hydrogens (tertiary/aromatic N) is 5. The first-order chi connectivity index (χ1) is 34.8. The number of hydrogen-bond acceptors (Lipinski definition) is 11. The highest BCUT2D eigenvalue weighted by atomic mass is 16.7. The highest BCUT2D eigenvalue weighted by Gasteiger charge is 2.44. The van der Waals surface area contributed by atoms with Gasteiger partial charge in [-0.15, -0.1) is 0 Å². The molecule has 18 heteroatoms. The average molecular weight is 1020 g/mol. The number of imide groups is 1. The van der Waals surface area contributed by atoms with Gasteiger partial charge >= 0.3 is 0 Å². The Labute approximate surface area is 433 Å². The fourth-order valence-electron chi connectivity index (χ4n) is 11.0. The summed E-state index contributed by atoms with van der Waals surface area (Å²) in [7, 11) is 6.74. The van der Waals surface area contributed by atoms with Crippen LogP contribution in [0.1, 0.15) is 118 Å². The first-order valence-corrected chi connectivity index (χ1v) is 26.8. The van der Waals surface area contributed by atoms with Crippen molar-refractivity contribution in [3.05, 3.63) is 48.2 Å². The van der Waals surface area contributed by atoms with E-state index in [0.29, 0.717) is 58.5 Å². The Bertz CT molecular complexity index is 2190. The van der Waals surface area contributed by atoms with E-state index in [9.17, 15) is 33.6 Å². The molecule has 0 spiro atoms. The number of unbranched alkanes of at least 4 members (excludes halogenated alkanes) is 3. The molecule has 7 amide bonds. The number of nitrogens with one attached hydrogen (secondary N) is 3. The maximum Gasteiger partial charge on any atom is 0.269 e. The lowest BCUT2D eigenvalue weighted by atomic mass is 9.89.